The van der Waals surface area contributed by atoms with Gasteiger partial charge >= 0.3 is 0 Å². The first-order chi connectivity index (χ1) is 14.1. The zero-order chi connectivity index (χ0) is 20.1. The Kier molecular flexibility index (Phi) is 4.78. The standard InChI is InChI=1S/C23H27N2O3P/c1-26-15-4-5-16-18(9-15)20-11-23(28-3)22(27-2)10-19(20)17-8-14-6-7-25(29)13-24(14)12-21(16)17/h4-5,9-11,14H,6-8,12-13,29H2,1-3H3/t14-/m1/s1. The molecule has 29 heavy (non-hydrogen) atoms. The first-order valence-electron chi connectivity index (χ1n) is 10.0. The molecule has 2 aliphatic rings. The Balaban J connectivity index is 1.82. The SMILES string of the molecule is COc1ccc2c3c(c4cc(OC)c(OC)cc4c2c1)C[C@H]1CCN(P)CN1C3. The molecule has 0 aromatic heterocycles. The van der Waals surface area contributed by atoms with Crippen LogP contribution in [-0.4, -0.2) is 50.2 Å². The molecule has 1 unspecified atom stereocenters. The van der Waals surface area contributed by atoms with Crippen LogP contribution in [0.4, 0.5) is 0 Å². The topological polar surface area (TPSA) is 34.2 Å². The minimum Gasteiger partial charge on any atom is -0.497 e. The van der Waals surface area contributed by atoms with Crippen molar-refractivity contribution in [3.8, 4) is 17.2 Å². The quantitative estimate of drug-likeness (QED) is 0.478. The summed E-state index contributed by atoms with van der Waals surface area (Å²) in [7, 11) is 7.98. The zero-order valence-electron chi connectivity index (χ0n) is 17.2. The van der Waals surface area contributed by atoms with Gasteiger partial charge in [0.15, 0.2) is 11.5 Å². The molecule has 0 bridgehead atoms. The summed E-state index contributed by atoms with van der Waals surface area (Å²) in [5, 5.41) is 4.98. The maximum Gasteiger partial charge on any atom is 0.161 e. The van der Waals surface area contributed by atoms with E-state index in [9.17, 15) is 0 Å². The van der Waals surface area contributed by atoms with Gasteiger partial charge in [0.05, 0.1) is 28.0 Å². The molecule has 5 nitrogen and oxygen atoms in total. The van der Waals surface area contributed by atoms with E-state index in [0.29, 0.717) is 6.04 Å². The Morgan fingerprint density at radius 1 is 0.862 bits per heavy atom. The highest BCUT2D eigenvalue weighted by Gasteiger charge is 2.32. The van der Waals surface area contributed by atoms with E-state index < -0.39 is 0 Å². The van der Waals surface area contributed by atoms with E-state index in [2.05, 4.69) is 49.3 Å². The van der Waals surface area contributed by atoms with Crippen LogP contribution < -0.4 is 14.2 Å². The number of ether oxygens (including phenoxy) is 3. The molecule has 5 rings (SSSR count). The van der Waals surface area contributed by atoms with Crippen molar-refractivity contribution in [2.24, 2.45) is 0 Å². The van der Waals surface area contributed by atoms with E-state index in [1.807, 2.05) is 0 Å². The van der Waals surface area contributed by atoms with Crippen molar-refractivity contribution in [3.05, 3.63) is 41.5 Å². The first-order valence-corrected chi connectivity index (χ1v) is 10.6. The number of fused-ring (bicyclic) bond motifs is 7. The van der Waals surface area contributed by atoms with Crippen LogP contribution >= 0.6 is 9.39 Å². The smallest absolute Gasteiger partial charge is 0.161 e. The van der Waals surface area contributed by atoms with Gasteiger partial charge in [0.25, 0.3) is 0 Å². The van der Waals surface area contributed by atoms with Gasteiger partial charge in [-0.3, -0.25) is 9.57 Å². The molecule has 2 atom stereocenters. The molecule has 0 N–H and O–H groups in total. The highest BCUT2D eigenvalue weighted by molar-refractivity contribution is 7.13. The average Bonchev–Trinajstić information content (AvgIpc) is 2.76. The second-order valence-corrected chi connectivity index (χ2v) is 8.70. The van der Waals surface area contributed by atoms with Crippen LogP contribution in [0, 0.1) is 0 Å². The molecule has 0 radical (unpaired) electrons. The van der Waals surface area contributed by atoms with Crippen molar-refractivity contribution in [1.82, 2.24) is 9.57 Å². The van der Waals surface area contributed by atoms with Crippen molar-refractivity contribution in [1.29, 1.82) is 0 Å². The Morgan fingerprint density at radius 3 is 2.31 bits per heavy atom. The van der Waals surface area contributed by atoms with Crippen LogP contribution in [0.5, 0.6) is 17.2 Å². The van der Waals surface area contributed by atoms with Gasteiger partial charge in [-0.15, -0.1) is 0 Å². The lowest BCUT2D eigenvalue weighted by molar-refractivity contribution is 0.0756. The summed E-state index contributed by atoms with van der Waals surface area (Å²) in [6, 6.07) is 11.3. The zero-order valence-corrected chi connectivity index (χ0v) is 18.4. The lowest BCUT2D eigenvalue weighted by Crippen LogP contribution is -2.49. The van der Waals surface area contributed by atoms with Crippen LogP contribution in [-0.2, 0) is 13.0 Å². The number of hydrogen-bond donors (Lipinski definition) is 0. The third-order valence-electron chi connectivity index (χ3n) is 6.49. The van der Waals surface area contributed by atoms with Gasteiger partial charge in [-0.05, 0) is 69.8 Å². The largest absolute Gasteiger partial charge is 0.497 e. The Labute approximate surface area is 173 Å². The van der Waals surface area contributed by atoms with E-state index in [0.717, 1.165) is 43.4 Å². The Morgan fingerprint density at radius 2 is 1.59 bits per heavy atom. The van der Waals surface area contributed by atoms with Gasteiger partial charge in [-0.1, -0.05) is 15.5 Å². The molecule has 1 saturated heterocycles. The van der Waals surface area contributed by atoms with Gasteiger partial charge in [0.2, 0.25) is 0 Å². The maximum absolute atomic E-state index is 5.64. The number of benzene rings is 3. The second kappa shape index (κ2) is 7.32. The molecule has 3 aromatic carbocycles. The molecule has 1 fully saturated rings. The third-order valence-corrected chi connectivity index (χ3v) is 6.91. The highest BCUT2D eigenvalue weighted by Crippen LogP contribution is 2.43. The second-order valence-electron chi connectivity index (χ2n) is 7.97. The van der Waals surface area contributed by atoms with Gasteiger partial charge in [0, 0.05) is 19.1 Å². The predicted molar refractivity (Wildman–Crippen MR) is 120 cm³/mol. The minimum absolute atomic E-state index is 0.589. The van der Waals surface area contributed by atoms with E-state index in [1.54, 1.807) is 21.3 Å². The van der Waals surface area contributed by atoms with Gasteiger partial charge < -0.3 is 14.2 Å². The van der Waals surface area contributed by atoms with E-state index in [-0.39, 0.29) is 0 Å². The summed E-state index contributed by atoms with van der Waals surface area (Å²) in [6.45, 7) is 3.09. The van der Waals surface area contributed by atoms with Crippen LogP contribution in [0.25, 0.3) is 21.5 Å². The van der Waals surface area contributed by atoms with E-state index in [1.165, 1.54) is 39.1 Å². The molecule has 0 aliphatic carbocycles. The van der Waals surface area contributed by atoms with E-state index in [4.69, 9.17) is 14.2 Å². The minimum atomic E-state index is 0.589. The first kappa shape index (κ1) is 18.9. The Hall–Kier alpha value is -2.07. The van der Waals surface area contributed by atoms with Crippen molar-refractivity contribution in [2.45, 2.75) is 25.4 Å². The predicted octanol–water partition coefficient (Wildman–Crippen LogP) is 4.20. The van der Waals surface area contributed by atoms with Crippen LogP contribution in [0.15, 0.2) is 30.3 Å². The summed E-state index contributed by atoms with van der Waals surface area (Å²) in [5.74, 6) is 2.42. The summed E-state index contributed by atoms with van der Waals surface area (Å²) >= 11 is 0. The number of nitrogens with zero attached hydrogens (tertiary/aromatic N) is 2. The summed E-state index contributed by atoms with van der Waals surface area (Å²) in [6.07, 6.45) is 2.26. The van der Waals surface area contributed by atoms with Crippen molar-refractivity contribution in [2.75, 3.05) is 34.5 Å². The lowest BCUT2D eigenvalue weighted by Gasteiger charge is -2.44. The monoisotopic (exact) mass is 410 g/mol. The Bertz CT molecular complexity index is 1100. The van der Waals surface area contributed by atoms with Gasteiger partial charge in [-0.25, -0.2) is 0 Å². The van der Waals surface area contributed by atoms with Crippen LogP contribution in [0.2, 0.25) is 0 Å². The van der Waals surface area contributed by atoms with Gasteiger partial charge in [0.1, 0.15) is 5.75 Å². The average molecular weight is 410 g/mol. The van der Waals surface area contributed by atoms with Crippen LogP contribution in [0.3, 0.4) is 0 Å². The summed E-state index contributed by atoms with van der Waals surface area (Å²) < 4.78 is 19.1. The summed E-state index contributed by atoms with van der Waals surface area (Å²) in [4.78, 5) is 2.61. The van der Waals surface area contributed by atoms with Gasteiger partial charge in [-0.2, -0.15) is 0 Å². The fourth-order valence-corrected chi connectivity index (χ4v) is 5.35. The lowest BCUT2D eigenvalue weighted by atomic mass is 9.84. The number of rotatable bonds is 3. The molecule has 0 saturated carbocycles. The number of hydrogen-bond acceptors (Lipinski definition) is 5. The molecule has 0 spiro atoms. The number of methoxy groups -OCH3 is 3. The van der Waals surface area contributed by atoms with E-state index >= 15 is 0 Å². The van der Waals surface area contributed by atoms with Crippen molar-refractivity contribution in [3.63, 3.8) is 0 Å². The third kappa shape index (κ3) is 3.04. The van der Waals surface area contributed by atoms with Crippen molar-refractivity contribution < 1.29 is 14.2 Å². The molecule has 2 aliphatic heterocycles. The fourth-order valence-electron chi connectivity index (χ4n) is 4.99. The molecule has 0 amide bonds. The molecule has 3 aromatic rings. The molecule has 6 heteroatoms. The highest BCUT2D eigenvalue weighted by atomic mass is 31.0. The fraction of sp³-hybridized carbons (Fsp3) is 0.391. The molecular formula is C23H27N2O3P. The van der Waals surface area contributed by atoms with Crippen molar-refractivity contribution >= 4 is 30.9 Å². The normalized spacial score (nSPS) is 19.8. The molecular weight excluding hydrogens is 383 g/mol. The van der Waals surface area contributed by atoms with Crippen LogP contribution in [0.1, 0.15) is 17.5 Å². The maximum atomic E-state index is 5.64. The molecule has 152 valence electrons. The molecule has 2 heterocycles. The summed E-state index contributed by atoms with van der Waals surface area (Å²) in [5.41, 5.74) is 2.89.